The number of halogens is 3. The van der Waals surface area contributed by atoms with Crippen LogP contribution >= 0.6 is 46.8 Å². The van der Waals surface area contributed by atoms with Crippen molar-refractivity contribution in [3.8, 4) is 0 Å². The summed E-state index contributed by atoms with van der Waals surface area (Å²) in [5.74, 6) is 0.655. The maximum absolute atomic E-state index is 6.34. The Bertz CT molecular complexity index is 615. The molecule has 0 saturated carbocycles. The van der Waals surface area contributed by atoms with Gasteiger partial charge in [-0.2, -0.15) is 0 Å². The summed E-state index contributed by atoms with van der Waals surface area (Å²) in [7, 11) is 0. The van der Waals surface area contributed by atoms with Gasteiger partial charge in [-0.1, -0.05) is 35.3 Å². The van der Waals surface area contributed by atoms with Crippen LogP contribution in [0.15, 0.2) is 29.2 Å². The van der Waals surface area contributed by atoms with Crippen LogP contribution in [0.4, 0.5) is 5.69 Å². The zero-order valence-corrected chi connectivity index (χ0v) is 12.5. The number of anilines is 1. The Labute approximate surface area is 125 Å². The van der Waals surface area contributed by atoms with E-state index < -0.39 is 0 Å². The summed E-state index contributed by atoms with van der Waals surface area (Å²) in [5.41, 5.74) is 1.07. The third-order valence-electron chi connectivity index (χ3n) is 2.95. The molecule has 0 amide bonds. The molecule has 1 nitrogen and oxygen atoms in total. The lowest BCUT2D eigenvalue weighted by Gasteiger charge is -2.18. The lowest BCUT2D eigenvalue weighted by molar-refractivity contribution is 0.942. The molecule has 1 aliphatic rings. The van der Waals surface area contributed by atoms with Crippen LogP contribution in [0, 0.1) is 0 Å². The molecule has 0 spiro atoms. The molecule has 0 unspecified atom stereocenters. The van der Waals surface area contributed by atoms with Gasteiger partial charge < -0.3 is 4.31 Å². The van der Waals surface area contributed by atoms with Crippen molar-refractivity contribution in [1.29, 1.82) is 0 Å². The van der Waals surface area contributed by atoms with Gasteiger partial charge in [-0.05, 0) is 30.5 Å². The summed E-state index contributed by atoms with van der Waals surface area (Å²) in [6.07, 6.45) is 0.934. The van der Waals surface area contributed by atoms with Crippen LogP contribution in [-0.2, 0) is 0 Å². The number of rotatable bonds is 3. The maximum atomic E-state index is 6.34. The maximum Gasteiger partial charge on any atom is 0.0750 e. The van der Waals surface area contributed by atoms with E-state index in [1.807, 2.05) is 18.2 Å². The molecule has 1 heterocycles. The highest BCUT2D eigenvalue weighted by Gasteiger charge is 2.26. The normalized spacial score (nSPS) is 13.6. The first-order chi connectivity index (χ1) is 8.72. The topological polar surface area (TPSA) is 3.24 Å². The molecule has 3 rings (SSSR count). The minimum atomic E-state index is 0.655. The van der Waals surface area contributed by atoms with Gasteiger partial charge in [0.15, 0.2) is 0 Å². The Morgan fingerprint density at radius 3 is 2.78 bits per heavy atom. The Morgan fingerprint density at radius 2 is 2.00 bits per heavy atom. The van der Waals surface area contributed by atoms with Gasteiger partial charge in [-0.25, -0.2) is 0 Å². The summed E-state index contributed by atoms with van der Waals surface area (Å²) in [4.78, 5) is 1.21. The molecule has 0 aromatic heterocycles. The molecule has 2 aromatic rings. The van der Waals surface area contributed by atoms with Crippen molar-refractivity contribution in [2.45, 2.75) is 11.3 Å². The predicted octanol–water partition coefficient (Wildman–Crippen LogP) is 5.60. The van der Waals surface area contributed by atoms with Gasteiger partial charge in [-0.15, -0.1) is 11.6 Å². The minimum Gasteiger partial charge on any atom is -0.310 e. The van der Waals surface area contributed by atoms with E-state index >= 15 is 0 Å². The molecule has 5 heteroatoms. The third-order valence-corrected chi connectivity index (χ3v) is 4.94. The summed E-state index contributed by atoms with van der Waals surface area (Å²) in [6.45, 7) is 0.888. The first-order valence-electron chi connectivity index (χ1n) is 5.64. The van der Waals surface area contributed by atoms with Crippen LogP contribution < -0.4 is 4.31 Å². The quantitative estimate of drug-likeness (QED) is 0.535. The highest BCUT2D eigenvalue weighted by Crippen LogP contribution is 2.51. The van der Waals surface area contributed by atoms with E-state index in [2.05, 4.69) is 10.4 Å². The van der Waals surface area contributed by atoms with Gasteiger partial charge in [0, 0.05) is 28.1 Å². The highest BCUT2D eigenvalue weighted by molar-refractivity contribution is 8.01. The lowest BCUT2D eigenvalue weighted by atomic mass is 10.1. The van der Waals surface area contributed by atoms with E-state index in [4.69, 9.17) is 34.8 Å². The molecule has 0 radical (unpaired) electrons. The standard InChI is InChI=1S/C13H10Cl3NS/c14-5-2-6-17-13-10(16)7-9(15)8-3-1-4-11(18-17)12(8)13/h1,3-4,7H,2,5-6H2. The highest BCUT2D eigenvalue weighted by atomic mass is 35.5. The van der Waals surface area contributed by atoms with Crippen molar-refractivity contribution >= 4 is 63.2 Å². The average Bonchev–Trinajstić information content (AvgIpc) is 2.73. The molecule has 0 N–H and O–H groups in total. The predicted molar refractivity (Wildman–Crippen MR) is 82.5 cm³/mol. The number of hydrogen-bond acceptors (Lipinski definition) is 2. The van der Waals surface area contributed by atoms with Crippen LogP contribution in [0.2, 0.25) is 10.0 Å². The van der Waals surface area contributed by atoms with Gasteiger partial charge in [0.2, 0.25) is 0 Å². The molecule has 0 fully saturated rings. The Hall–Kier alpha value is -0.280. The molecule has 0 aliphatic carbocycles. The van der Waals surface area contributed by atoms with Gasteiger partial charge in [0.05, 0.1) is 15.7 Å². The average molecular weight is 319 g/mol. The number of alkyl halides is 1. The van der Waals surface area contributed by atoms with E-state index in [0.29, 0.717) is 15.9 Å². The Kier molecular flexibility index (Phi) is 3.55. The summed E-state index contributed by atoms with van der Waals surface area (Å²) in [6, 6.07) is 7.99. The third kappa shape index (κ3) is 1.96. The second-order valence-corrected chi connectivity index (χ2v) is 6.36. The Morgan fingerprint density at radius 1 is 1.17 bits per heavy atom. The fraction of sp³-hybridized carbons (Fsp3) is 0.231. The van der Waals surface area contributed by atoms with Gasteiger partial charge in [-0.3, -0.25) is 0 Å². The SMILES string of the molecule is ClCCCN1Sc2cccc3c(Cl)cc(Cl)c1c23. The fourth-order valence-corrected chi connectivity index (χ4v) is 4.17. The monoisotopic (exact) mass is 317 g/mol. The summed E-state index contributed by atoms with van der Waals surface area (Å²) >= 11 is 20.1. The van der Waals surface area contributed by atoms with Crippen molar-refractivity contribution in [1.82, 2.24) is 0 Å². The van der Waals surface area contributed by atoms with Crippen LogP contribution in [0.3, 0.4) is 0 Å². The second-order valence-electron chi connectivity index (χ2n) is 4.10. The number of hydrogen-bond donors (Lipinski definition) is 0. The molecule has 0 atom stereocenters. The molecule has 18 heavy (non-hydrogen) atoms. The summed E-state index contributed by atoms with van der Waals surface area (Å²) < 4.78 is 2.21. The van der Waals surface area contributed by atoms with E-state index in [-0.39, 0.29) is 0 Å². The van der Waals surface area contributed by atoms with Crippen LogP contribution in [0.1, 0.15) is 6.42 Å². The zero-order chi connectivity index (χ0) is 12.7. The van der Waals surface area contributed by atoms with Crippen molar-refractivity contribution in [3.05, 3.63) is 34.3 Å². The molecular formula is C13H10Cl3NS. The fourth-order valence-electron chi connectivity index (χ4n) is 2.20. The van der Waals surface area contributed by atoms with E-state index in [9.17, 15) is 0 Å². The van der Waals surface area contributed by atoms with Crippen molar-refractivity contribution in [2.75, 3.05) is 16.7 Å². The minimum absolute atomic E-state index is 0.655. The molecule has 0 saturated heterocycles. The second kappa shape index (κ2) is 5.01. The molecule has 2 aromatic carbocycles. The van der Waals surface area contributed by atoms with Gasteiger partial charge in [0.25, 0.3) is 0 Å². The number of nitrogens with zero attached hydrogens (tertiary/aromatic N) is 1. The van der Waals surface area contributed by atoms with Crippen molar-refractivity contribution in [2.24, 2.45) is 0 Å². The van der Waals surface area contributed by atoms with Gasteiger partial charge >= 0.3 is 0 Å². The van der Waals surface area contributed by atoms with E-state index in [1.165, 1.54) is 4.90 Å². The first-order valence-corrected chi connectivity index (χ1v) is 7.71. The van der Waals surface area contributed by atoms with Crippen molar-refractivity contribution < 1.29 is 0 Å². The summed E-state index contributed by atoms with van der Waals surface area (Å²) in [5, 5.41) is 3.64. The molecule has 1 aliphatic heterocycles. The molecular weight excluding hydrogens is 309 g/mol. The number of benzene rings is 2. The van der Waals surface area contributed by atoms with Crippen LogP contribution in [-0.4, -0.2) is 12.4 Å². The smallest absolute Gasteiger partial charge is 0.0750 e. The van der Waals surface area contributed by atoms with Gasteiger partial charge in [0.1, 0.15) is 0 Å². The Balaban J connectivity index is 2.19. The largest absolute Gasteiger partial charge is 0.310 e. The van der Waals surface area contributed by atoms with E-state index in [0.717, 1.165) is 29.4 Å². The van der Waals surface area contributed by atoms with E-state index in [1.54, 1.807) is 11.9 Å². The molecule has 0 bridgehead atoms. The first kappa shape index (κ1) is 12.7. The van der Waals surface area contributed by atoms with Crippen LogP contribution in [0.5, 0.6) is 0 Å². The molecule has 94 valence electrons. The lowest BCUT2D eigenvalue weighted by Crippen LogP contribution is -2.13. The van der Waals surface area contributed by atoms with Crippen molar-refractivity contribution in [3.63, 3.8) is 0 Å². The van der Waals surface area contributed by atoms with Crippen LogP contribution in [0.25, 0.3) is 10.8 Å². The zero-order valence-electron chi connectivity index (χ0n) is 9.42.